The molecule has 0 saturated carbocycles. The Labute approximate surface area is 458 Å². The van der Waals surface area contributed by atoms with Gasteiger partial charge in [0.05, 0.1) is 77.1 Å². The van der Waals surface area contributed by atoms with E-state index in [0.29, 0.717) is 30.0 Å². The van der Waals surface area contributed by atoms with Crippen molar-refractivity contribution in [1.29, 1.82) is 0 Å². The number of nitrogens with two attached hydrogens (primary N) is 1. The highest BCUT2D eigenvalue weighted by Gasteiger charge is 2.64. The molecule has 0 spiro atoms. The van der Waals surface area contributed by atoms with Gasteiger partial charge in [-0.15, -0.1) is 0 Å². The number of primary amides is 1. The van der Waals surface area contributed by atoms with Crippen molar-refractivity contribution in [3.8, 4) is 5.75 Å². The Hall–Kier alpha value is -6.32. The summed E-state index contributed by atoms with van der Waals surface area (Å²) in [4.78, 5) is 94.4. The summed E-state index contributed by atoms with van der Waals surface area (Å²) < 4.78 is 51.0. The quantitative estimate of drug-likeness (QED) is 0.0306. The molecule has 7 N–H and O–H groups in total. The number of ether oxygens (including phenoxy) is 8. The first-order chi connectivity index (χ1) is 36.9. The molecule has 2 saturated heterocycles. The van der Waals surface area contributed by atoms with E-state index in [1.54, 1.807) is 50.2 Å². The Kier molecular flexibility index (Phi) is 22.9. The van der Waals surface area contributed by atoms with Gasteiger partial charge in [0.25, 0.3) is 0 Å². The smallest absolute Gasteiger partial charge is 0.409 e. The van der Waals surface area contributed by atoms with E-state index in [2.05, 4.69) is 21.4 Å². The zero-order chi connectivity index (χ0) is 57.5. The monoisotopic (exact) mass is 1120 g/mol. The lowest BCUT2D eigenvalue weighted by Gasteiger charge is -2.42. The fraction of sp³-hybridized carbons (Fsp3) is 0.596. The van der Waals surface area contributed by atoms with E-state index in [1.165, 1.54) is 57.6 Å². The first-order valence-corrected chi connectivity index (χ1v) is 25.7. The number of esters is 1. The number of furan rings is 1. The predicted octanol–water partition coefficient (Wildman–Crippen LogP) is 2.38. The van der Waals surface area contributed by atoms with Crippen LogP contribution < -0.4 is 36.7 Å². The molecule has 1 aromatic carbocycles. The molecule has 26 heteroatoms. The van der Waals surface area contributed by atoms with E-state index < -0.39 is 108 Å². The lowest BCUT2D eigenvalue weighted by Crippen LogP contribution is -2.63. The van der Waals surface area contributed by atoms with Crippen LogP contribution in [-0.2, 0) is 76.7 Å². The summed E-state index contributed by atoms with van der Waals surface area (Å²) in [7, 11) is 9.41. The Morgan fingerprint density at radius 1 is 1.06 bits per heavy atom. The number of anilines is 1. The molecule has 6 amide bonds. The van der Waals surface area contributed by atoms with E-state index in [0.717, 1.165) is 16.7 Å². The van der Waals surface area contributed by atoms with Gasteiger partial charge in [-0.1, -0.05) is 42.3 Å². The van der Waals surface area contributed by atoms with Crippen LogP contribution in [0.25, 0.3) is 0 Å². The number of carbonyl (C=O) groups excluding carboxylic acids is 7. The number of likely N-dealkylation sites (N-methyl/N-ethyl adjacent to an activating group) is 1. The van der Waals surface area contributed by atoms with Crippen LogP contribution in [0.3, 0.4) is 0 Å². The SMILES string of the molecule is CNN(C)Cc1cocc1COC(=O)N[C@@H](CC(N)=O)C(=O)NCCOCCOCCC(=O)N(C)[C@@H](C)C(=O)O[C@H]1CC(=O)N(C)c2cc(cc(OC)c2Cl)C/C(C)=C/C=C/[C@@H](OC)[C@@]2(O)C[C@H](OC(=O)N2)[C@@H](C)C2O[C@]21C. The molecule has 3 aliphatic heterocycles. The number of amides is 6. The second kappa shape index (κ2) is 28.5. The number of fused-ring (bicyclic) bond motifs is 5. The van der Waals surface area contributed by atoms with Crippen molar-refractivity contribution in [2.75, 3.05) is 80.3 Å². The van der Waals surface area contributed by atoms with Crippen LogP contribution in [0.15, 0.2) is 52.9 Å². The van der Waals surface area contributed by atoms with Crippen LogP contribution in [0.2, 0.25) is 5.02 Å². The number of epoxide rings is 1. The minimum atomic E-state index is -1.89. The van der Waals surface area contributed by atoms with Gasteiger partial charge in [-0.05, 0) is 51.9 Å². The standard InChI is InChI=1S/C52H75ClN8O17/c1-30-12-11-13-40(71-10)52(69)25-39(76-50(68)58-52)31(2)46-51(4,78-46)41(24-44(64)61(8)37-21-33(20-30)22-38(70-9)45(37)53)77-48(66)32(3)60(7)43(63)14-16-72-18-19-73-17-15-56-47(65)36(23-42(54)62)57-49(67)75-29-35-28-74-27-34(35)26-59(6)55-5/h11-13,21-22,27-28,31-32,36,39-41,46,55,69H,14-20,23-26,29H2,1-10H3,(H2,54,62)(H,56,65)(H,57,67)(H,58,68)/b13-11+,30-12+/t31-,32+,36+,39+,40-,41+,46?,51+,52+/m1/s1. The fourth-order valence-corrected chi connectivity index (χ4v) is 9.25. The van der Waals surface area contributed by atoms with Crippen LogP contribution in [0.1, 0.15) is 70.1 Å². The van der Waals surface area contributed by atoms with Gasteiger partial charge in [0.2, 0.25) is 23.6 Å². The molecule has 432 valence electrons. The molecule has 0 radical (unpaired) electrons. The number of nitrogens with one attached hydrogen (secondary N) is 4. The average molecular weight is 1120 g/mol. The maximum Gasteiger partial charge on any atom is 0.409 e. The third-order valence-corrected chi connectivity index (χ3v) is 14.3. The molecular weight excluding hydrogens is 1040 g/mol. The average Bonchev–Trinajstić information content (AvgIpc) is 4.11. The van der Waals surface area contributed by atoms with Gasteiger partial charge in [-0.25, -0.2) is 19.4 Å². The van der Waals surface area contributed by atoms with Gasteiger partial charge in [0.15, 0.2) is 5.72 Å². The normalized spacial score (nSPS) is 25.2. The number of rotatable bonds is 23. The van der Waals surface area contributed by atoms with Gasteiger partial charge in [0.1, 0.15) is 53.4 Å². The topological polar surface area (TPSA) is 314 Å². The summed E-state index contributed by atoms with van der Waals surface area (Å²) in [6, 6.07) is 1.07. The predicted molar refractivity (Wildman–Crippen MR) is 280 cm³/mol. The molecular formula is C52H75ClN8O17. The number of carbonyl (C=O) groups is 7. The highest BCUT2D eigenvalue weighted by atomic mass is 35.5. The largest absolute Gasteiger partial charge is 0.495 e. The molecule has 2 fully saturated rings. The van der Waals surface area contributed by atoms with Crippen molar-refractivity contribution in [3.63, 3.8) is 0 Å². The number of alkyl carbamates (subject to hydrolysis) is 2. The second-order valence-corrected chi connectivity index (χ2v) is 20.0. The van der Waals surface area contributed by atoms with Gasteiger partial charge >= 0.3 is 18.2 Å². The zero-order valence-electron chi connectivity index (χ0n) is 45.8. The molecule has 3 aliphatic rings. The summed E-state index contributed by atoms with van der Waals surface area (Å²) in [6.07, 6.45) is 1.75. The number of nitrogens with zero attached hydrogens (tertiary/aromatic N) is 3. The lowest BCUT2D eigenvalue weighted by molar-refractivity contribution is -0.162. The number of hydrogen-bond acceptors (Lipinski definition) is 19. The third-order valence-electron chi connectivity index (χ3n) is 13.9. The number of methoxy groups -OCH3 is 2. The molecule has 9 atom stereocenters. The van der Waals surface area contributed by atoms with E-state index in [4.69, 9.17) is 59.6 Å². The van der Waals surface area contributed by atoms with Crippen LogP contribution >= 0.6 is 11.6 Å². The summed E-state index contributed by atoms with van der Waals surface area (Å²) in [6.45, 7) is 7.30. The van der Waals surface area contributed by atoms with Gasteiger partial charge in [-0.2, -0.15) is 0 Å². The van der Waals surface area contributed by atoms with Crippen molar-refractivity contribution in [1.82, 2.24) is 31.3 Å². The van der Waals surface area contributed by atoms with Crippen molar-refractivity contribution in [3.05, 3.63) is 70.2 Å². The van der Waals surface area contributed by atoms with Gasteiger partial charge < -0.3 is 73.6 Å². The summed E-state index contributed by atoms with van der Waals surface area (Å²) in [5, 5.41) is 21.2. The van der Waals surface area contributed by atoms with Crippen LogP contribution in [0.5, 0.6) is 5.75 Å². The van der Waals surface area contributed by atoms with Crippen LogP contribution in [0, 0.1) is 5.92 Å². The maximum atomic E-state index is 14.3. The Bertz CT molecular complexity index is 2510. The van der Waals surface area contributed by atoms with Crippen LogP contribution in [0.4, 0.5) is 15.3 Å². The van der Waals surface area contributed by atoms with E-state index in [1.807, 2.05) is 20.0 Å². The first kappa shape index (κ1) is 62.5. The van der Waals surface area contributed by atoms with E-state index in [-0.39, 0.29) is 57.4 Å². The van der Waals surface area contributed by atoms with Crippen molar-refractivity contribution < 1.29 is 81.0 Å². The Morgan fingerprint density at radius 2 is 1.77 bits per heavy atom. The van der Waals surface area contributed by atoms with Crippen molar-refractivity contribution >= 4 is 59.1 Å². The number of allylic oxidation sites excluding steroid dienone is 3. The summed E-state index contributed by atoms with van der Waals surface area (Å²) in [5.41, 5.74) is 8.45. The van der Waals surface area contributed by atoms with Crippen molar-refractivity contribution in [2.24, 2.45) is 11.7 Å². The first-order valence-electron chi connectivity index (χ1n) is 25.4. The summed E-state index contributed by atoms with van der Waals surface area (Å²) >= 11 is 6.81. The maximum absolute atomic E-state index is 14.3. The minimum absolute atomic E-state index is 0.0105. The van der Waals surface area contributed by atoms with E-state index in [9.17, 15) is 38.7 Å². The number of benzene rings is 1. The van der Waals surface area contributed by atoms with Crippen molar-refractivity contribution in [2.45, 2.75) is 121 Å². The molecule has 0 aliphatic carbocycles. The zero-order valence-corrected chi connectivity index (χ0v) is 46.6. The number of halogens is 1. The van der Waals surface area contributed by atoms with E-state index >= 15 is 0 Å². The molecule has 4 heterocycles. The molecule has 5 rings (SSSR count). The fourth-order valence-electron chi connectivity index (χ4n) is 8.93. The number of aliphatic hydroxyl groups is 1. The minimum Gasteiger partial charge on any atom is -0.495 e. The molecule has 1 aromatic heterocycles. The Morgan fingerprint density at radius 3 is 2.45 bits per heavy atom. The highest BCUT2D eigenvalue weighted by Crippen LogP contribution is 2.49. The molecule has 2 aromatic rings. The Balaban J connectivity index is 1.14. The summed E-state index contributed by atoms with van der Waals surface area (Å²) in [5.74, 6) is -3.57. The molecule has 25 nitrogen and oxygen atoms in total. The van der Waals surface area contributed by atoms with Crippen LogP contribution in [-0.4, -0.2) is 180 Å². The second-order valence-electron chi connectivity index (χ2n) is 19.6. The van der Waals surface area contributed by atoms with Gasteiger partial charge in [-0.3, -0.25) is 29.9 Å². The lowest BCUT2D eigenvalue weighted by atomic mass is 9.83. The highest BCUT2D eigenvalue weighted by molar-refractivity contribution is 6.35. The molecule has 78 heavy (non-hydrogen) atoms. The number of hydrogen-bond donors (Lipinski definition) is 6. The third kappa shape index (κ3) is 16.8. The van der Waals surface area contributed by atoms with Gasteiger partial charge in [0, 0.05) is 64.8 Å². The number of hydrazine groups is 1. The molecule has 1 unspecified atom stereocenters. The molecule has 4 bridgehead atoms.